The predicted molar refractivity (Wildman–Crippen MR) is 72.9 cm³/mol. The summed E-state index contributed by atoms with van der Waals surface area (Å²) >= 11 is 0. The third-order valence-corrected chi connectivity index (χ3v) is 2.70. The molecule has 0 saturated carbocycles. The van der Waals surface area contributed by atoms with Crippen molar-refractivity contribution in [2.75, 3.05) is 11.5 Å². The summed E-state index contributed by atoms with van der Waals surface area (Å²) in [5.41, 5.74) is 1.10. The van der Waals surface area contributed by atoms with E-state index in [1.165, 1.54) is 17.3 Å². The molecule has 1 aliphatic rings. The van der Waals surface area contributed by atoms with Crippen LogP contribution in [0.1, 0.15) is 12.8 Å². The van der Waals surface area contributed by atoms with Crippen LogP contribution in [0.4, 0.5) is 29.3 Å². The number of benzene rings is 1. The molecule has 0 aliphatic carbocycles. The molecule has 0 fully saturated rings. The van der Waals surface area contributed by atoms with Crippen molar-refractivity contribution in [3.05, 3.63) is 36.5 Å². The third kappa shape index (κ3) is 4.34. The van der Waals surface area contributed by atoms with E-state index in [1.807, 2.05) is 0 Å². The van der Waals surface area contributed by atoms with Crippen molar-refractivity contribution >= 4 is 23.7 Å². The van der Waals surface area contributed by atoms with Crippen molar-refractivity contribution in [3.8, 4) is 0 Å². The molecule has 0 aromatic heterocycles. The zero-order chi connectivity index (χ0) is 15.3. The number of anilines is 1. The van der Waals surface area contributed by atoms with Gasteiger partial charge in [0.25, 0.3) is 0 Å². The van der Waals surface area contributed by atoms with Gasteiger partial charge in [-0.05, 0) is 24.6 Å². The minimum absolute atomic E-state index is 0.259. The zero-order valence-electron chi connectivity index (χ0n) is 11.0. The summed E-state index contributed by atoms with van der Waals surface area (Å²) in [7, 11) is 0. The summed E-state index contributed by atoms with van der Waals surface area (Å²) in [5, 5.41) is 0. The number of carbonyl (C=O) groups excluding carboxylic acids is 1. The van der Waals surface area contributed by atoms with Crippen LogP contribution in [-0.2, 0) is 4.74 Å². The number of allylic oxidation sites excluding steroid dienone is 1. The maximum Gasteiger partial charge on any atom is 0.418 e. The van der Waals surface area contributed by atoms with Crippen molar-refractivity contribution in [2.24, 2.45) is 4.99 Å². The molecule has 0 atom stereocenters. The number of ether oxygens (including phenoxy) is 1. The number of rotatable bonds is 3. The molecule has 4 nitrogen and oxygen atoms in total. The van der Waals surface area contributed by atoms with Gasteiger partial charge in [0, 0.05) is 18.8 Å². The van der Waals surface area contributed by atoms with Crippen LogP contribution in [0, 0.1) is 0 Å². The number of carbonyl (C=O) groups is 1. The molecule has 1 aromatic rings. The molecule has 0 N–H and O–H groups in total. The van der Waals surface area contributed by atoms with Gasteiger partial charge in [0.15, 0.2) is 0 Å². The molecule has 0 radical (unpaired) electrons. The van der Waals surface area contributed by atoms with Gasteiger partial charge in [0.05, 0.1) is 18.0 Å². The van der Waals surface area contributed by atoms with E-state index in [0.717, 1.165) is 0 Å². The van der Waals surface area contributed by atoms with Gasteiger partial charge >= 0.3 is 12.3 Å². The molecule has 2 rings (SSSR count). The highest BCUT2D eigenvalue weighted by molar-refractivity contribution is 5.96. The fraction of sp³-hybridized carbons (Fsp3) is 0.286. The monoisotopic (exact) mass is 298 g/mol. The minimum Gasteiger partial charge on any atom is -0.449 e. The molecule has 0 bridgehead atoms. The Balaban J connectivity index is 1.97. The number of amides is 1. The van der Waals surface area contributed by atoms with Gasteiger partial charge < -0.3 is 4.74 Å². The Morgan fingerprint density at radius 2 is 2.05 bits per heavy atom. The Morgan fingerprint density at radius 3 is 2.81 bits per heavy atom. The summed E-state index contributed by atoms with van der Waals surface area (Å²) in [5.74, 6) is 0. The number of hydrogen-bond donors (Lipinski definition) is 0. The van der Waals surface area contributed by atoms with Gasteiger partial charge in [-0.2, -0.15) is 13.2 Å². The van der Waals surface area contributed by atoms with Gasteiger partial charge in [0.2, 0.25) is 0 Å². The predicted octanol–water partition coefficient (Wildman–Crippen LogP) is 4.20. The molecule has 1 aliphatic heterocycles. The first-order valence-corrected chi connectivity index (χ1v) is 6.30. The number of hydrogen-bond acceptors (Lipinski definition) is 3. The summed E-state index contributed by atoms with van der Waals surface area (Å²) in [6, 6.07) is 6.91. The number of fused-ring (bicyclic) bond motifs is 1. The second-order valence-electron chi connectivity index (χ2n) is 4.31. The Bertz CT molecular complexity index is 568. The molecule has 1 heterocycles. The molecule has 7 heteroatoms. The maximum absolute atomic E-state index is 12.0. The highest BCUT2D eigenvalue weighted by atomic mass is 19.4. The lowest BCUT2D eigenvalue weighted by Crippen LogP contribution is -2.26. The SMILES string of the molecule is O=C(OCCCC(F)(F)F)N1C=CC=Nc2ccccc21. The van der Waals surface area contributed by atoms with Crippen LogP contribution in [0.25, 0.3) is 0 Å². The van der Waals surface area contributed by atoms with Crippen LogP contribution in [0.5, 0.6) is 0 Å². The van der Waals surface area contributed by atoms with Crippen molar-refractivity contribution < 1.29 is 22.7 Å². The molecule has 1 aromatic carbocycles. The summed E-state index contributed by atoms with van der Waals surface area (Å²) in [6.45, 7) is -0.286. The van der Waals surface area contributed by atoms with E-state index in [-0.39, 0.29) is 13.0 Å². The number of alkyl halides is 3. The number of nitrogens with zero attached hydrogens (tertiary/aromatic N) is 2. The average molecular weight is 298 g/mol. The van der Waals surface area contributed by atoms with E-state index < -0.39 is 18.7 Å². The van der Waals surface area contributed by atoms with Gasteiger partial charge in [-0.1, -0.05) is 12.1 Å². The van der Waals surface area contributed by atoms with Crippen LogP contribution in [0.2, 0.25) is 0 Å². The first kappa shape index (κ1) is 15.1. The first-order chi connectivity index (χ1) is 9.97. The average Bonchev–Trinajstić information content (AvgIpc) is 2.64. The second kappa shape index (κ2) is 6.43. The van der Waals surface area contributed by atoms with Gasteiger partial charge in [0.1, 0.15) is 0 Å². The van der Waals surface area contributed by atoms with E-state index in [9.17, 15) is 18.0 Å². The third-order valence-electron chi connectivity index (χ3n) is 2.70. The van der Waals surface area contributed by atoms with Crippen molar-refractivity contribution in [3.63, 3.8) is 0 Å². The lowest BCUT2D eigenvalue weighted by Gasteiger charge is -2.18. The molecule has 21 heavy (non-hydrogen) atoms. The smallest absolute Gasteiger partial charge is 0.418 e. The van der Waals surface area contributed by atoms with E-state index in [4.69, 9.17) is 4.74 Å². The normalized spacial score (nSPS) is 13.8. The first-order valence-electron chi connectivity index (χ1n) is 6.30. The van der Waals surface area contributed by atoms with Crippen LogP contribution in [0.3, 0.4) is 0 Å². The fourth-order valence-electron chi connectivity index (χ4n) is 1.77. The number of para-hydroxylation sites is 2. The molecule has 112 valence electrons. The lowest BCUT2D eigenvalue weighted by molar-refractivity contribution is -0.137. The quantitative estimate of drug-likeness (QED) is 0.785. The highest BCUT2D eigenvalue weighted by Gasteiger charge is 2.26. The van der Waals surface area contributed by atoms with Crippen LogP contribution in [-0.4, -0.2) is 25.1 Å². The summed E-state index contributed by atoms with van der Waals surface area (Å²) in [4.78, 5) is 17.3. The van der Waals surface area contributed by atoms with Crippen LogP contribution >= 0.6 is 0 Å². The molecule has 1 amide bonds. The maximum atomic E-state index is 12.0. The molecule has 0 spiro atoms. The van der Waals surface area contributed by atoms with E-state index in [2.05, 4.69) is 4.99 Å². The molecule has 0 unspecified atom stereocenters. The van der Waals surface area contributed by atoms with Gasteiger partial charge in [-0.25, -0.2) is 4.79 Å². The zero-order valence-corrected chi connectivity index (χ0v) is 11.0. The highest BCUT2D eigenvalue weighted by Crippen LogP contribution is 2.30. The van der Waals surface area contributed by atoms with Crippen LogP contribution in [0.15, 0.2) is 41.5 Å². The Labute approximate surface area is 119 Å². The van der Waals surface area contributed by atoms with Crippen molar-refractivity contribution in [2.45, 2.75) is 19.0 Å². The standard InChI is InChI=1S/C14H13F3N2O2/c15-14(16,17)7-3-10-21-13(20)19-9-4-8-18-11-5-1-2-6-12(11)19/h1-2,4-6,8-9H,3,7,10H2. The largest absolute Gasteiger partial charge is 0.449 e. The van der Waals surface area contributed by atoms with Gasteiger partial charge in [-0.15, -0.1) is 0 Å². The fourth-order valence-corrected chi connectivity index (χ4v) is 1.77. The number of halogens is 3. The van der Waals surface area contributed by atoms with Crippen LogP contribution < -0.4 is 4.90 Å². The Hall–Kier alpha value is -2.31. The topological polar surface area (TPSA) is 41.9 Å². The van der Waals surface area contributed by atoms with E-state index in [1.54, 1.807) is 30.3 Å². The lowest BCUT2D eigenvalue weighted by atomic mass is 10.2. The Morgan fingerprint density at radius 1 is 1.29 bits per heavy atom. The van der Waals surface area contributed by atoms with E-state index >= 15 is 0 Å². The molecule has 0 saturated heterocycles. The number of aliphatic imine (C=N–C) groups is 1. The van der Waals surface area contributed by atoms with Crippen molar-refractivity contribution in [1.29, 1.82) is 0 Å². The molecular weight excluding hydrogens is 285 g/mol. The Kier molecular flexibility index (Phi) is 4.62. The van der Waals surface area contributed by atoms with Crippen molar-refractivity contribution in [1.82, 2.24) is 0 Å². The van der Waals surface area contributed by atoms with E-state index in [0.29, 0.717) is 11.4 Å². The summed E-state index contributed by atoms with van der Waals surface area (Å²) < 4.78 is 40.9. The summed E-state index contributed by atoms with van der Waals surface area (Å²) in [6.07, 6.45) is -1.67. The minimum atomic E-state index is -4.24. The molecular formula is C14H13F3N2O2. The second-order valence-corrected chi connectivity index (χ2v) is 4.31. The van der Waals surface area contributed by atoms with Gasteiger partial charge in [-0.3, -0.25) is 9.89 Å².